The number of hydrogen-bond donors (Lipinski definition) is 1. The Bertz CT molecular complexity index is 853. The van der Waals surface area contributed by atoms with Crippen molar-refractivity contribution >= 4 is 17.3 Å². The minimum atomic E-state index is -0.325. The third-order valence-corrected chi connectivity index (χ3v) is 4.56. The van der Waals surface area contributed by atoms with E-state index < -0.39 is 0 Å². The Kier molecular flexibility index (Phi) is 7.73. The van der Waals surface area contributed by atoms with Crippen molar-refractivity contribution < 1.29 is 23.7 Å². The Labute approximate surface area is 177 Å². The van der Waals surface area contributed by atoms with Crippen molar-refractivity contribution in [3.63, 3.8) is 0 Å². The zero-order chi connectivity index (χ0) is 21.3. The van der Waals surface area contributed by atoms with Crippen LogP contribution in [0.25, 0.3) is 0 Å². The summed E-state index contributed by atoms with van der Waals surface area (Å²) in [6, 6.07) is 7.11. The van der Waals surface area contributed by atoms with Crippen molar-refractivity contribution in [3.05, 3.63) is 36.0 Å². The van der Waals surface area contributed by atoms with Crippen LogP contribution in [0.3, 0.4) is 0 Å². The van der Waals surface area contributed by atoms with E-state index in [1.165, 1.54) is 0 Å². The van der Waals surface area contributed by atoms with Crippen LogP contribution < -0.4 is 24.4 Å². The standard InChI is InChI=1S/C22H29N3O5/c1-4-28-19-15-18(25-10-12-27-13-11-25)20(29-5-2)14-17(19)24-21(26)16-8-7-9-23-22(16)30-6-3/h7-9,14-15H,4-6,10-13H2,1-3H3,(H,24,26). The number of rotatable bonds is 9. The molecule has 1 saturated heterocycles. The number of hydrogen-bond acceptors (Lipinski definition) is 7. The molecule has 2 heterocycles. The molecule has 8 nitrogen and oxygen atoms in total. The van der Waals surface area contributed by atoms with Crippen LogP contribution in [0.2, 0.25) is 0 Å². The number of nitrogens with zero attached hydrogens (tertiary/aromatic N) is 2. The summed E-state index contributed by atoms with van der Waals surface area (Å²) in [7, 11) is 0. The van der Waals surface area contributed by atoms with Gasteiger partial charge in [-0.2, -0.15) is 0 Å². The summed E-state index contributed by atoms with van der Waals surface area (Å²) >= 11 is 0. The van der Waals surface area contributed by atoms with Crippen LogP contribution in [0.4, 0.5) is 11.4 Å². The van der Waals surface area contributed by atoms with Crippen LogP contribution in [0.15, 0.2) is 30.5 Å². The average Bonchev–Trinajstić information content (AvgIpc) is 2.77. The van der Waals surface area contributed by atoms with E-state index in [0.717, 1.165) is 18.8 Å². The lowest BCUT2D eigenvalue weighted by Crippen LogP contribution is -2.36. The van der Waals surface area contributed by atoms with Gasteiger partial charge >= 0.3 is 0 Å². The highest BCUT2D eigenvalue weighted by atomic mass is 16.5. The van der Waals surface area contributed by atoms with Crippen LogP contribution in [0, 0.1) is 0 Å². The number of nitrogens with one attached hydrogen (secondary N) is 1. The monoisotopic (exact) mass is 415 g/mol. The molecule has 2 aromatic rings. The highest BCUT2D eigenvalue weighted by molar-refractivity contribution is 6.06. The molecule has 1 fully saturated rings. The summed E-state index contributed by atoms with van der Waals surface area (Å²) in [5.41, 5.74) is 1.82. The molecule has 3 rings (SSSR count). The minimum absolute atomic E-state index is 0.297. The van der Waals surface area contributed by atoms with Gasteiger partial charge in [-0.05, 0) is 32.9 Å². The third kappa shape index (κ3) is 5.13. The first-order valence-electron chi connectivity index (χ1n) is 10.3. The fourth-order valence-electron chi connectivity index (χ4n) is 3.25. The Morgan fingerprint density at radius 1 is 1.07 bits per heavy atom. The van der Waals surface area contributed by atoms with Crippen molar-refractivity contribution in [1.29, 1.82) is 0 Å². The number of amides is 1. The van der Waals surface area contributed by atoms with Gasteiger partial charge in [0.1, 0.15) is 17.1 Å². The smallest absolute Gasteiger partial charge is 0.261 e. The Morgan fingerprint density at radius 3 is 2.47 bits per heavy atom. The molecule has 1 aromatic heterocycles. The number of carbonyl (C=O) groups excluding carboxylic acids is 1. The number of aromatic nitrogens is 1. The first kappa shape index (κ1) is 21.7. The van der Waals surface area contributed by atoms with Crippen LogP contribution in [0.5, 0.6) is 17.4 Å². The molecule has 1 aliphatic heterocycles. The summed E-state index contributed by atoms with van der Waals surface area (Å²) in [4.78, 5) is 19.3. The maximum atomic E-state index is 13.0. The molecule has 1 N–H and O–H groups in total. The Balaban J connectivity index is 1.94. The van der Waals surface area contributed by atoms with Crippen LogP contribution >= 0.6 is 0 Å². The third-order valence-electron chi connectivity index (χ3n) is 4.56. The lowest BCUT2D eigenvalue weighted by atomic mass is 10.2. The van der Waals surface area contributed by atoms with Crippen molar-refractivity contribution in [3.8, 4) is 17.4 Å². The van der Waals surface area contributed by atoms with Crippen LogP contribution in [-0.2, 0) is 4.74 Å². The van der Waals surface area contributed by atoms with Gasteiger partial charge in [-0.25, -0.2) is 4.98 Å². The molecule has 0 saturated carbocycles. The number of carbonyl (C=O) groups is 1. The molecule has 0 bridgehead atoms. The Hall–Kier alpha value is -3.00. The minimum Gasteiger partial charge on any atom is -0.492 e. The fraction of sp³-hybridized carbons (Fsp3) is 0.455. The van der Waals surface area contributed by atoms with Gasteiger partial charge in [0.2, 0.25) is 5.88 Å². The summed E-state index contributed by atoms with van der Waals surface area (Å²) in [6.07, 6.45) is 1.59. The van der Waals surface area contributed by atoms with Gasteiger partial charge in [-0.15, -0.1) is 0 Å². The molecule has 1 aromatic carbocycles. The molecule has 0 unspecified atom stereocenters. The molecule has 0 spiro atoms. The number of ether oxygens (including phenoxy) is 4. The predicted octanol–water partition coefficient (Wildman–Crippen LogP) is 3.37. The quantitative estimate of drug-likeness (QED) is 0.672. The zero-order valence-electron chi connectivity index (χ0n) is 17.8. The van der Waals surface area contributed by atoms with Gasteiger partial charge in [0.15, 0.2) is 0 Å². The molecule has 162 valence electrons. The van der Waals surface area contributed by atoms with Gasteiger partial charge in [-0.3, -0.25) is 4.79 Å². The van der Waals surface area contributed by atoms with E-state index in [1.54, 1.807) is 18.3 Å². The van der Waals surface area contributed by atoms with Crippen molar-refractivity contribution in [2.45, 2.75) is 20.8 Å². The van der Waals surface area contributed by atoms with Crippen molar-refractivity contribution in [2.75, 3.05) is 56.3 Å². The van der Waals surface area contributed by atoms with Gasteiger partial charge in [0, 0.05) is 31.4 Å². The number of morpholine rings is 1. The second-order valence-electron chi connectivity index (χ2n) is 6.52. The lowest BCUT2D eigenvalue weighted by Gasteiger charge is -2.31. The van der Waals surface area contributed by atoms with E-state index in [9.17, 15) is 4.79 Å². The van der Waals surface area contributed by atoms with E-state index in [-0.39, 0.29) is 5.91 Å². The highest BCUT2D eigenvalue weighted by Gasteiger charge is 2.22. The zero-order valence-corrected chi connectivity index (χ0v) is 17.8. The maximum Gasteiger partial charge on any atom is 0.261 e. The van der Waals surface area contributed by atoms with Gasteiger partial charge < -0.3 is 29.2 Å². The first-order valence-corrected chi connectivity index (χ1v) is 10.3. The van der Waals surface area contributed by atoms with Gasteiger partial charge in [0.25, 0.3) is 5.91 Å². The van der Waals surface area contributed by atoms with Crippen LogP contribution in [0.1, 0.15) is 31.1 Å². The summed E-state index contributed by atoms with van der Waals surface area (Å²) < 4.78 is 22.7. The molecule has 0 aliphatic carbocycles. The summed E-state index contributed by atoms with van der Waals surface area (Å²) in [5.74, 6) is 1.24. The van der Waals surface area contributed by atoms with Crippen molar-refractivity contribution in [1.82, 2.24) is 4.98 Å². The van der Waals surface area contributed by atoms with Crippen molar-refractivity contribution in [2.24, 2.45) is 0 Å². The van der Waals surface area contributed by atoms with Gasteiger partial charge in [0.05, 0.1) is 44.4 Å². The van der Waals surface area contributed by atoms with E-state index in [4.69, 9.17) is 18.9 Å². The van der Waals surface area contributed by atoms with E-state index in [0.29, 0.717) is 61.7 Å². The van der Waals surface area contributed by atoms with Crippen LogP contribution in [-0.4, -0.2) is 57.0 Å². The number of anilines is 2. The first-order chi connectivity index (χ1) is 14.7. The summed E-state index contributed by atoms with van der Waals surface area (Å²) in [5, 5.41) is 2.93. The highest BCUT2D eigenvalue weighted by Crippen LogP contribution is 2.39. The average molecular weight is 415 g/mol. The molecular formula is C22H29N3O5. The molecule has 30 heavy (non-hydrogen) atoms. The van der Waals surface area contributed by atoms with E-state index >= 15 is 0 Å². The maximum absolute atomic E-state index is 13.0. The number of benzene rings is 1. The van der Waals surface area contributed by atoms with Gasteiger partial charge in [-0.1, -0.05) is 0 Å². The Morgan fingerprint density at radius 2 is 1.77 bits per heavy atom. The lowest BCUT2D eigenvalue weighted by molar-refractivity contribution is 0.102. The van der Waals surface area contributed by atoms with E-state index in [2.05, 4.69) is 15.2 Å². The molecule has 0 atom stereocenters. The molecule has 1 aliphatic rings. The fourth-order valence-corrected chi connectivity index (χ4v) is 3.25. The van der Waals surface area contributed by atoms with E-state index in [1.807, 2.05) is 32.9 Å². The normalized spacial score (nSPS) is 13.6. The topological polar surface area (TPSA) is 82.2 Å². The molecule has 8 heteroatoms. The number of pyridine rings is 1. The second-order valence-corrected chi connectivity index (χ2v) is 6.52. The summed E-state index contributed by atoms with van der Waals surface area (Å²) in [6.45, 7) is 9.95. The molecule has 0 radical (unpaired) electrons. The largest absolute Gasteiger partial charge is 0.492 e. The molecular weight excluding hydrogens is 386 g/mol. The predicted molar refractivity (Wildman–Crippen MR) is 115 cm³/mol. The molecule has 1 amide bonds. The SMILES string of the molecule is CCOc1cc(N2CCOCC2)c(OCC)cc1NC(=O)c1cccnc1OCC. The second kappa shape index (κ2) is 10.7.